The first kappa shape index (κ1) is 105. The lowest BCUT2D eigenvalue weighted by atomic mass is 9.76. The van der Waals surface area contributed by atoms with Crippen molar-refractivity contribution in [2.45, 2.75) is 296 Å². The van der Waals surface area contributed by atoms with Crippen LogP contribution in [0.1, 0.15) is 338 Å². The van der Waals surface area contributed by atoms with Gasteiger partial charge in [0.05, 0.1) is 82.1 Å². The largest absolute Gasteiger partial charge is 0.396 e. The van der Waals surface area contributed by atoms with Gasteiger partial charge in [0.15, 0.2) is 0 Å². The fourth-order valence-corrected chi connectivity index (χ4v) is 13.4. The van der Waals surface area contributed by atoms with Crippen LogP contribution in [0, 0.1) is 13.8 Å². The summed E-state index contributed by atoms with van der Waals surface area (Å²) in [7, 11) is 17.4. The fraction of sp³-hybridized carbons (Fsp3) is 0.633. The van der Waals surface area contributed by atoms with E-state index in [0.29, 0.717) is 60.6 Å². The van der Waals surface area contributed by atoms with Gasteiger partial charge in [-0.1, -0.05) is 293 Å². The van der Waals surface area contributed by atoms with Gasteiger partial charge >= 0.3 is 0 Å². The number of aliphatic hydroxyl groups is 2. The van der Waals surface area contributed by atoms with Crippen molar-refractivity contribution >= 4 is 0 Å². The molecule has 8 unspecified atom stereocenters. The molecule has 0 spiro atoms. The molecule has 8 atom stereocenters. The second kappa shape index (κ2) is 61.0. The van der Waals surface area contributed by atoms with Gasteiger partial charge in [-0.3, -0.25) is 0 Å². The van der Waals surface area contributed by atoms with E-state index in [4.69, 9.17) is 10.2 Å². The Bertz CT molecular complexity index is 2640. The van der Waals surface area contributed by atoms with Crippen LogP contribution >= 0.6 is 0 Å². The van der Waals surface area contributed by atoms with Crippen LogP contribution in [0.5, 0.6) is 0 Å². The molecular weight excluding hydrogens is 1270 g/mol. The Morgan fingerprint density at radius 1 is 0.298 bits per heavy atom. The summed E-state index contributed by atoms with van der Waals surface area (Å²) >= 11 is 0. The molecule has 104 heavy (non-hydrogen) atoms. The zero-order valence-electron chi connectivity index (χ0n) is 69.4. The maximum absolute atomic E-state index is 8.52. The summed E-state index contributed by atoms with van der Waals surface area (Å²) in [5.41, 5.74) is 14.8. The van der Waals surface area contributed by atoms with E-state index in [1.165, 1.54) is 165 Å². The molecule has 0 fully saturated rings. The lowest BCUT2D eigenvalue weighted by Gasteiger charge is -2.28. The molecule has 0 radical (unpaired) electrons. The van der Waals surface area contributed by atoms with E-state index in [1.807, 2.05) is 0 Å². The van der Waals surface area contributed by atoms with E-state index in [-0.39, 0.29) is 29.7 Å². The molecule has 6 aromatic rings. The lowest BCUT2D eigenvalue weighted by molar-refractivity contribution is -0.888. The van der Waals surface area contributed by atoms with Gasteiger partial charge in [-0.25, -0.2) is 0 Å². The summed E-state index contributed by atoms with van der Waals surface area (Å²) in [6.45, 7) is 42.5. The molecule has 0 saturated carbocycles. The van der Waals surface area contributed by atoms with Gasteiger partial charge in [0.2, 0.25) is 0 Å². The predicted octanol–water partition coefficient (Wildman–Crippen LogP) is 27.0. The Morgan fingerprint density at radius 2 is 0.519 bits per heavy atom. The molecule has 2 N–H and O–H groups in total. The highest BCUT2D eigenvalue weighted by Gasteiger charge is 2.26. The first-order chi connectivity index (χ1) is 47.8. The Labute approximate surface area is 650 Å². The minimum atomic E-state index is 0. The first-order valence-electron chi connectivity index (χ1n) is 40.6. The third-order valence-corrected chi connectivity index (χ3v) is 21.8. The van der Waals surface area contributed by atoms with Crippen LogP contribution in [0.2, 0.25) is 0 Å². The average Bonchev–Trinajstić information content (AvgIpc) is 0.833. The Balaban J connectivity index is -0.000000671. The second-order valence-corrected chi connectivity index (χ2v) is 31.5. The van der Waals surface area contributed by atoms with Crippen molar-refractivity contribution in [1.82, 2.24) is 4.90 Å². The molecule has 0 aromatic heterocycles. The summed E-state index contributed by atoms with van der Waals surface area (Å²) in [6.07, 6.45) is 21.6. The van der Waals surface area contributed by atoms with Crippen LogP contribution in [-0.4, -0.2) is 144 Å². The van der Waals surface area contributed by atoms with E-state index in [2.05, 4.69) is 323 Å². The van der Waals surface area contributed by atoms with Crippen molar-refractivity contribution in [2.75, 3.05) is 115 Å². The molecular formula is C98H175N4O2+3. The SMILES string of the molecule is C.C.C.C.CCCC(CC)c1ccc(C(CC(CC)c2ccccc2)CC(CCC)c2ccc(C)cc2)cc1.CCCC(CC)c1ccc(C(CC(CC)c2ccccc2)CC(CCC)c2ccc(C)cc2)cc1.CCN(C)CC.CC[N+](C)(C)C.CC[N+](C)(C)CCCO.CC[N+](C)(C)CCCO. The van der Waals surface area contributed by atoms with Crippen LogP contribution in [-0.2, 0) is 0 Å². The van der Waals surface area contributed by atoms with Gasteiger partial charge in [0, 0.05) is 26.1 Å². The molecule has 0 bridgehead atoms. The van der Waals surface area contributed by atoms with Crippen molar-refractivity contribution in [3.05, 3.63) is 213 Å². The molecule has 6 rings (SSSR count). The van der Waals surface area contributed by atoms with E-state index in [1.54, 1.807) is 0 Å². The topological polar surface area (TPSA) is 43.7 Å². The number of rotatable bonds is 39. The van der Waals surface area contributed by atoms with Crippen LogP contribution in [0.3, 0.4) is 0 Å². The van der Waals surface area contributed by atoms with Crippen LogP contribution in [0.15, 0.2) is 158 Å². The normalized spacial score (nSPS) is 13.4. The number of benzene rings is 6. The van der Waals surface area contributed by atoms with Crippen LogP contribution in [0.25, 0.3) is 0 Å². The highest BCUT2D eigenvalue weighted by molar-refractivity contribution is 5.33. The van der Waals surface area contributed by atoms with Crippen molar-refractivity contribution in [3.63, 3.8) is 0 Å². The standard InChI is InChI=1S/2C35H48.2C7H18NO.C5H14N.C5H13N.4CH4/c2*1-6-13-28(8-3)31-21-23-33(24-22-31)35(25-29(9-4)30-15-11-10-12-16-30)26-34(14-7-2)32-19-17-27(5)18-20-32;2*1-4-8(2,3)6-5-7-9;1-5-6(2,3)4;1-4-6(3)5-2;;;;/h2*10-12,15-24,28-29,34-35H,6-9,13-14,25-26H2,1-5H3;2*9H,4-7H2,1-3H3;5H2,1-4H3;4-5H2,1-3H3;4*1H4/q;;3*+1;;;;;. The van der Waals surface area contributed by atoms with E-state index in [9.17, 15) is 0 Å². The first-order valence-corrected chi connectivity index (χ1v) is 40.6. The summed E-state index contributed by atoms with van der Waals surface area (Å²) in [4.78, 5) is 2.25. The predicted molar refractivity (Wildman–Crippen MR) is 472 cm³/mol. The van der Waals surface area contributed by atoms with Gasteiger partial charge in [-0.2, -0.15) is 0 Å². The second-order valence-electron chi connectivity index (χ2n) is 31.5. The number of nitrogens with zero attached hydrogens (tertiary/aromatic N) is 4. The smallest absolute Gasteiger partial charge is 0.0804 e. The van der Waals surface area contributed by atoms with Gasteiger partial charge in [-0.05, 0) is 224 Å². The van der Waals surface area contributed by atoms with Gasteiger partial charge in [-0.15, -0.1) is 0 Å². The van der Waals surface area contributed by atoms with Crippen LogP contribution in [0.4, 0.5) is 0 Å². The molecule has 0 amide bonds. The molecule has 0 aliphatic heterocycles. The van der Waals surface area contributed by atoms with E-state index >= 15 is 0 Å². The molecule has 6 aromatic carbocycles. The van der Waals surface area contributed by atoms with Crippen molar-refractivity contribution in [2.24, 2.45) is 0 Å². The maximum atomic E-state index is 8.52. The third kappa shape index (κ3) is 44.4. The van der Waals surface area contributed by atoms with Crippen molar-refractivity contribution in [1.29, 1.82) is 0 Å². The molecule has 596 valence electrons. The summed E-state index contributed by atoms with van der Waals surface area (Å²) in [5.74, 6) is 4.95. The molecule has 6 nitrogen and oxygen atoms in total. The van der Waals surface area contributed by atoms with Crippen LogP contribution < -0.4 is 0 Å². The maximum Gasteiger partial charge on any atom is 0.0804 e. The molecule has 0 aliphatic rings. The Hall–Kier alpha value is -4.92. The van der Waals surface area contributed by atoms with Gasteiger partial charge in [0.25, 0.3) is 0 Å². The number of hydrogen-bond donors (Lipinski definition) is 2. The number of aliphatic hydroxyl groups excluding tert-OH is 2. The summed E-state index contributed by atoms with van der Waals surface area (Å²) in [5, 5.41) is 17.0. The quantitative estimate of drug-likeness (QED) is 0.0378. The zero-order chi connectivity index (χ0) is 74.9. The highest BCUT2D eigenvalue weighted by Crippen LogP contribution is 2.43. The fourth-order valence-electron chi connectivity index (χ4n) is 13.4. The lowest BCUT2D eigenvalue weighted by Crippen LogP contribution is -2.40. The van der Waals surface area contributed by atoms with E-state index in [0.717, 1.165) is 65.6 Å². The molecule has 0 aliphatic carbocycles. The molecule has 0 saturated heterocycles. The number of quaternary nitrogens is 3. The Morgan fingerprint density at radius 3 is 0.731 bits per heavy atom. The third-order valence-electron chi connectivity index (χ3n) is 21.8. The van der Waals surface area contributed by atoms with Crippen molar-refractivity contribution < 1.29 is 23.7 Å². The Kier molecular flexibility index (Phi) is 61.9. The summed E-state index contributed by atoms with van der Waals surface area (Å²) < 4.78 is 3.10. The zero-order valence-corrected chi connectivity index (χ0v) is 69.4. The average molecular weight is 1440 g/mol. The number of hydrogen-bond acceptors (Lipinski definition) is 3. The highest BCUT2D eigenvalue weighted by atomic mass is 16.3. The minimum Gasteiger partial charge on any atom is -0.396 e. The summed E-state index contributed by atoms with van der Waals surface area (Å²) in [6, 6.07) is 60.7. The van der Waals surface area contributed by atoms with Crippen molar-refractivity contribution in [3.8, 4) is 0 Å². The molecule has 0 heterocycles. The van der Waals surface area contributed by atoms with E-state index < -0.39 is 0 Å². The van der Waals surface area contributed by atoms with Gasteiger partial charge in [0.1, 0.15) is 0 Å². The molecule has 6 heteroatoms. The number of aryl methyl sites for hydroxylation is 2. The minimum absolute atomic E-state index is 0. The van der Waals surface area contributed by atoms with Gasteiger partial charge < -0.3 is 28.6 Å². The monoisotopic (exact) mass is 1440 g/mol.